The molecule has 0 aromatic heterocycles. The molecule has 58 heavy (non-hydrogen) atoms. The van der Waals surface area contributed by atoms with Gasteiger partial charge in [0.05, 0.1) is 0 Å². The van der Waals surface area contributed by atoms with E-state index in [1.807, 2.05) is 6.08 Å². The topological polar surface area (TPSA) is 78.9 Å². The predicted molar refractivity (Wildman–Crippen MR) is 247 cm³/mol. The first-order valence-corrected chi connectivity index (χ1v) is 23.6. The highest BCUT2D eigenvalue weighted by Gasteiger charge is 2.19. The van der Waals surface area contributed by atoms with Crippen LogP contribution in [0, 0.1) is 0 Å². The highest BCUT2D eigenvalue weighted by Crippen LogP contribution is 2.12. The van der Waals surface area contributed by atoms with Crippen molar-refractivity contribution in [3.05, 3.63) is 85.1 Å². The fraction of sp³-hybridized carbons (Fsp3) is 0.673. The quantitative estimate of drug-likeness (QED) is 0.0201. The van der Waals surface area contributed by atoms with Crippen molar-refractivity contribution in [2.75, 3.05) is 13.2 Å². The van der Waals surface area contributed by atoms with Gasteiger partial charge in [-0.1, -0.05) is 183 Å². The summed E-state index contributed by atoms with van der Waals surface area (Å²) >= 11 is 0. The molecule has 0 spiro atoms. The second-order valence-corrected chi connectivity index (χ2v) is 15.3. The van der Waals surface area contributed by atoms with Gasteiger partial charge in [0.2, 0.25) is 0 Å². The first-order valence-electron chi connectivity index (χ1n) is 23.6. The maximum Gasteiger partial charge on any atom is 0.306 e. The average Bonchev–Trinajstić information content (AvgIpc) is 3.22. The van der Waals surface area contributed by atoms with Gasteiger partial charge in [0.1, 0.15) is 13.2 Å². The summed E-state index contributed by atoms with van der Waals surface area (Å²) in [6.07, 6.45) is 58.6. The second kappa shape index (κ2) is 46.3. The van der Waals surface area contributed by atoms with Crippen LogP contribution in [0.3, 0.4) is 0 Å². The first-order chi connectivity index (χ1) is 28.5. The van der Waals surface area contributed by atoms with Gasteiger partial charge in [-0.25, -0.2) is 0 Å². The molecule has 6 nitrogen and oxygen atoms in total. The largest absolute Gasteiger partial charge is 0.462 e. The highest BCUT2D eigenvalue weighted by atomic mass is 16.6. The van der Waals surface area contributed by atoms with E-state index in [1.165, 1.54) is 57.8 Å². The number of carbonyl (C=O) groups excluding carboxylic acids is 3. The van der Waals surface area contributed by atoms with Gasteiger partial charge in [-0.15, -0.1) is 0 Å². The Hall–Kier alpha value is -3.41. The minimum absolute atomic E-state index is 0.108. The Balaban J connectivity index is 4.49. The van der Waals surface area contributed by atoms with Gasteiger partial charge in [-0.3, -0.25) is 14.4 Å². The number of ether oxygens (including phenoxy) is 3. The van der Waals surface area contributed by atoms with Crippen LogP contribution in [-0.4, -0.2) is 37.2 Å². The van der Waals surface area contributed by atoms with E-state index < -0.39 is 6.10 Å². The van der Waals surface area contributed by atoms with Crippen molar-refractivity contribution in [3.8, 4) is 0 Å². The third-order valence-electron chi connectivity index (χ3n) is 9.66. The zero-order valence-electron chi connectivity index (χ0n) is 37.5. The average molecular weight is 807 g/mol. The molecular weight excluding hydrogens is 721 g/mol. The molecule has 0 aliphatic rings. The number of carbonyl (C=O) groups is 3. The molecule has 0 rings (SSSR count). The third kappa shape index (κ3) is 43.7. The molecule has 1 unspecified atom stereocenters. The molecule has 0 radical (unpaired) electrons. The lowest BCUT2D eigenvalue weighted by Crippen LogP contribution is -2.30. The molecule has 1 atom stereocenters. The Bertz CT molecular complexity index is 1160. The summed E-state index contributed by atoms with van der Waals surface area (Å²) in [6, 6.07) is 0. The molecule has 0 amide bonds. The lowest BCUT2D eigenvalue weighted by atomic mass is 10.1. The summed E-state index contributed by atoms with van der Waals surface area (Å²) in [6.45, 7) is 6.36. The van der Waals surface area contributed by atoms with E-state index in [0.29, 0.717) is 19.3 Å². The Morgan fingerprint density at radius 3 is 1.33 bits per heavy atom. The molecule has 0 aromatic carbocycles. The van der Waals surface area contributed by atoms with Gasteiger partial charge in [0.15, 0.2) is 6.10 Å². The van der Waals surface area contributed by atoms with Crippen LogP contribution in [0.25, 0.3) is 0 Å². The molecule has 0 saturated heterocycles. The summed E-state index contributed by atoms with van der Waals surface area (Å²) in [7, 11) is 0. The van der Waals surface area contributed by atoms with Crippen molar-refractivity contribution in [3.63, 3.8) is 0 Å². The zero-order chi connectivity index (χ0) is 42.3. The molecular formula is C52H86O6. The van der Waals surface area contributed by atoms with Crippen molar-refractivity contribution in [2.24, 2.45) is 0 Å². The van der Waals surface area contributed by atoms with Crippen LogP contribution in [-0.2, 0) is 28.6 Å². The van der Waals surface area contributed by atoms with E-state index >= 15 is 0 Å². The van der Waals surface area contributed by atoms with E-state index in [-0.39, 0.29) is 37.5 Å². The Morgan fingerprint density at radius 2 is 0.776 bits per heavy atom. The van der Waals surface area contributed by atoms with Crippen LogP contribution in [0.1, 0.15) is 207 Å². The van der Waals surface area contributed by atoms with Crippen LogP contribution in [0.4, 0.5) is 0 Å². The van der Waals surface area contributed by atoms with E-state index in [1.54, 1.807) is 0 Å². The molecule has 0 aromatic rings. The molecule has 0 aliphatic carbocycles. The number of allylic oxidation sites excluding steroid dienone is 14. The monoisotopic (exact) mass is 807 g/mol. The number of esters is 3. The number of unbranched alkanes of at least 4 members (excludes halogenated alkanes) is 18. The molecule has 6 heteroatoms. The van der Waals surface area contributed by atoms with Gasteiger partial charge < -0.3 is 14.2 Å². The normalized spacial score (nSPS) is 12.8. The van der Waals surface area contributed by atoms with Gasteiger partial charge >= 0.3 is 17.9 Å². The van der Waals surface area contributed by atoms with Crippen molar-refractivity contribution in [2.45, 2.75) is 213 Å². The van der Waals surface area contributed by atoms with Crippen LogP contribution in [0.15, 0.2) is 85.1 Å². The highest BCUT2D eigenvalue weighted by molar-refractivity contribution is 5.71. The fourth-order valence-electron chi connectivity index (χ4n) is 6.08. The minimum Gasteiger partial charge on any atom is -0.462 e. The summed E-state index contributed by atoms with van der Waals surface area (Å²) < 4.78 is 16.6. The Labute approximate surface area is 356 Å². The SMILES string of the molecule is CC\C=C/C=C\C=C/CCCCCCCC(=O)OC(COC(=O)CCC/C=C\C/C=C\C/C=C\CCCCCCCC)COC(=O)CCCCCC/C=C\CCCC. The third-order valence-corrected chi connectivity index (χ3v) is 9.66. The number of hydrogen-bond donors (Lipinski definition) is 0. The van der Waals surface area contributed by atoms with Crippen molar-refractivity contribution in [1.82, 2.24) is 0 Å². The molecule has 330 valence electrons. The molecule has 0 heterocycles. The number of hydrogen-bond acceptors (Lipinski definition) is 6. The summed E-state index contributed by atoms with van der Waals surface area (Å²) in [5, 5.41) is 0. The van der Waals surface area contributed by atoms with E-state index in [2.05, 4.69) is 99.8 Å². The molecule has 0 aliphatic heterocycles. The van der Waals surface area contributed by atoms with Crippen molar-refractivity contribution < 1.29 is 28.6 Å². The fourth-order valence-corrected chi connectivity index (χ4v) is 6.08. The zero-order valence-corrected chi connectivity index (χ0v) is 37.5. The van der Waals surface area contributed by atoms with Crippen LogP contribution < -0.4 is 0 Å². The number of rotatable bonds is 41. The van der Waals surface area contributed by atoms with Gasteiger partial charge in [0.25, 0.3) is 0 Å². The molecule has 0 bridgehead atoms. The van der Waals surface area contributed by atoms with Gasteiger partial charge in [-0.05, 0) is 89.9 Å². The minimum atomic E-state index is -0.810. The molecule has 0 fully saturated rings. The van der Waals surface area contributed by atoms with Crippen molar-refractivity contribution >= 4 is 17.9 Å². The lowest BCUT2D eigenvalue weighted by molar-refractivity contribution is -0.167. The van der Waals surface area contributed by atoms with E-state index in [0.717, 1.165) is 103 Å². The maximum atomic E-state index is 12.7. The summed E-state index contributed by atoms with van der Waals surface area (Å²) in [5.74, 6) is -1.00. The van der Waals surface area contributed by atoms with Gasteiger partial charge in [-0.2, -0.15) is 0 Å². The summed E-state index contributed by atoms with van der Waals surface area (Å²) in [4.78, 5) is 37.7. The Kier molecular flexibility index (Phi) is 43.6. The maximum absolute atomic E-state index is 12.7. The smallest absolute Gasteiger partial charge is 0.306 e. The lowest BCUT2D eigenvalue weighted by Gasteiger charge is -2.18. The predicted octanol–water partition coefficient (Wildman–Crippen LogP) is 15.3. The molecule has 0 saturated carbocycles. The van der Waals surface area contributed by atoms with Crippen molar-refractivity contribution in [1.29, 1.82) is 0 Å². The van der Waals surface area contributed by atoms with E-state index in [9.17, 15) is 14.4 Å². The standard InChI is InChI=1S/C52H86O6/c1-4-7-10-13-16-19-22-24-25-26-27-29-30-33-36-39-42-45-51(54)57-48-49(47-56-50(53)44-41-38-35-32-21-18-15-12-9-6-3)58-52(55)46-43-40-37-34-31-28-23-20-17-14-11-8-5-2/h8,11,14-15,17-18,20,23-25,27,29,33,36,49H,4-7,9-10,12-13,16,19,21-22,26,28,30-32,34-35,37-48H2,1-3H3/b11-8-,17-14-,18-15-,23-20-,25-24-,29-27-,36-33-. The van der Waals surface area contributed by atoms with Gasteiger partial charge in [0, 0.05) is 19.3 Å². The van der Waals surface area contributed by atoms with Crippen LogP contribution in [0.2, 0.25) is 0 Å². The Morgan fingerprint density at radius 1 is 0.379 bits per heavy atom. The summed E-state index contributed by atoms with van der Waals surface area (Å²) in [5.41, 5.74) is 0. The molecule has 0 N–H and O–H groups in total. The van der Waals surface area contributed by atoms with E-state index in [4.69, 9.17) is 14.2 Å². The first kappa shape index (κ1) is 54.6. The van der Waals surface area contributed by atoms with Crippen LogP contribution >= 0.6 is 0 Å². The van der Waals surface area contributed by atoms with Crippen LogP contribution in [0.5, 0.6) is 0 Å². The second-order valence-electron chi connectivity index (χ2n) is 15.3.